The molecule has 46 heavy (non-hydrogen) atoms. The van der Waals surface area contributed by atoms with Gasteiger partial charge in [0.1, 0.15) is 11.5 Å². The molecule has 2 aliphatic heterocycles. The molecule has 0 aromatic heterocycles. The number of nitrogens with one attached hydrogen (secondary N) is 3. The van der Waals surface area contributed by atoms with Crippen LogP contribution in [0.5, 0.6) is 11.5 Å². The molecular formula is C39H28ClN3O3. The molecule has 1 spiro atoms. The molecule has 0 radical (unpaired) electrons. The standard InChI is InChI=1S/C39H28ClN3O3/c1-24-18-23-32(42-27-21-19-26(20-22-27)41-25-10-3-2-4-11-25)37(36(24)40)43-31-15-9-14-30-35(31)38(44)46-39(30)28-12-5-7-16-33(28)45-34-17-8-6-13-29(34)39/h2-23,41-43H,1H3. The molecule has 0 atom stereocenters. The first-order valence-corrected chi connectivity index (χ1v) is 15.4. The Labute approximate surface area is 271 Å². The van der Waals surface area contributed by atoms with Crippen LogP contribution in [0.15, 0.2) is 133 Å². The van der Waals surface area contributed by atoms with Crippen molar-refractivity contribution in [3.05, 3.63) is 166 Å². The molecule has 6 aromatic rings. The second kappa shape index (κ2) is 11.0. The summed E-state index contributed by atoms with van der Waals surface area (Å²) in [6.45, 7) is 1.95. The first-order valence-electron chi connectivity index (χ1n) is 15.0. The Balaban J connectivity index is 1.17. The number of anilines is 6. The number of carbonyl (C=O) groups excluding carboxylic acids is 1. The Hall–Kier alpha value is -5.72. The summed E-state index contributed by atoms with van der Waals surface area (Å²) in [6, 6.07) is 43.2. The number of hydrogen-bond acceptors (Lipinski definition) is 6. The fourth-order valence-corrected chi connectivity index (χ4v) is 6.51. The lowest BCUT2D eigenvalue weighted by Gasteiger charge is -2.36. The molecule has 0 fully saturated rings. The van der Waals surface area contributed by atoms with E-state index in [9.17, 15) is 4.79 Å². The Kier molecular flexibility index (Phi) is 6.66. The van der Waals surface area contributed by atoms with E-state index in [1.807, 2.05) is 140 Å². The third-order valence-electron chi connectivity index (χ3n) is 8.47. The van der Waals surface area contributed by atoms with Crippen molar-refractivity contribution in [2.24, 2.45) is 0 Å². The van der Waals surface area contributed by atoms with E-state index in [1.165, 1.54) is 0 Å². The van der Waals surface area contributed by atoms with E-state index in [0.29, 0.717) is 33.5 Å². The van der Waals surface area contributed by atoms with Crippen LogP contribution in [-0.4, -0.2) is 5.97 Å². The fraction of sp³-hybridized carbons (Fsp3) is 0.0513. The van der Waals surface area contributed by atoms with Crippen molar-refractivity contribution in [3.63, 3.8) is 0 Å². The molecule has 2 heterocycles. The minimum atomic E-state index is -1.15. The summed E-state index contributed by atoms with van der Waals surface area (Å²) < 4.78 is 12.7. The average Bonchev–Trinajstić information content (AvgIpc) is 3.39. The number of para-hydroxylation sites is 3. The van der Waals surface area contributed by atoms with Crippen LogP contribution in [0, 0.1) is 6.92 Å². The van der Waals surface area contributed by atoms with E-state index in [2.05, 4.69) is 16.0 Å². The summed E-state index contributed by atoms with van der Waals surface area (Å²) in [5.41, 5.74) is 7.38. The lowest BCUT2D eigenvalue weighted by atomic mass is 9.77. The van der Waals surface area contributed by atoms with Crippen molar-refractivity contribution >= 4 is 51.7 Å². The predicted molar refractivity (Wildman–Crippen MR) is 184 cm³/mol. The van der Waals surface area contributed by atoms with E-state index in [0.717, 1.165) is 45.0 Å². The quantitative estimate of drug-likeness (QED) is 0.161. The lowest BCUT2D eigenvalue weighted by Crippen LogP contribution is -2.32. The third-order valence-corrected chi connectivity index (χ3v) is 8.95. The lowest BCUT2D eigenvalue weighted by molar-refractivity contribution is 0.0225. The minimum absolute atomic E-state index is 0.426. The molecule has 6 aromatic carbocycles. The van der Waals surface area contributed by atoms with Gasteiger partial charge in [-0.15, -0.1) is 0 Å². The van der Waals surface area contributed by atoms with Gasteiger partial charge >= 0.3 is 5.97 Å². The normalized spacial score (nSPS) is 13.6. The number of esters is 1. The number of aryl methyl sites for hydroxylation is 1. The van der Waals surface area contributed by atoms with Gasteiger partial charge in [0.05, 0.1) is 27.6 Å². The second-order valence-electron chi connectivity index (χ2n) is 11.3. The summed E-state index contributed by atoms with van der Waals surface area (Å²) >= 11 is 6.95. The molecule has 8 rings (SSSR count). The monoisotopic (exact) mass is 621 g/mol. The van der Waals surface area contributed by atoms with Gasteiger partial charge in [0, 0.05) is 33.8 Å². The fourth-order valence-electron chi connectivity index (χ4n) is 6.29. The van der Waals surface area contributed by atoms with Crippen molar-refractivity contribution in [2.45, 2.75) is 12.5 Å². The molecule has 2 aliphatic rings. The van der Waals surface area contributed by atoms with Gasteiger partial charge in [0.15, 0.2) is 5.60 Å². The van der Waals surface area contributed by atoms with Crippen molar-refractivity contribution in [3.8, 4) is 11.5 Å². The maximum Gasteiger partial charge on any atom is 0.342 e. The Morgan fingerprint density at radius 2 is 1.15 bits per heavy atom. The molecule has 7 heteroatoms. The van der Waals surface area contributed by atoms with Crippen LogP contribution in [-0.2, 0) is 10.3 Å². The summed E-state index contributed by atoms with van der Waals surface area (Å²) in [6.07, 6.45) is 0. The average molecular weight is 622 g/mol. The number of carbonyl (C=O) groups is 1. The van der Waals surface area contributed by atoms with Gasteiger partial charge in [-0.25, -0.2) is 4.79 Å². The molecule has 0 aliphatic carbocycles. The highest BCUT2D eigenvalue weighted by molar-refractivity contribution is 6.35. The molecule has 0 bridgehead atoms. The van der Waals surface area contributed by atoms with E-state index >= 15 is 0 Å². The van der Waals surface area contributed by atoms with Crippen LogP contribution < -0.4 is 20.7 Å². The van der Waals surface area contributed by atoms with Gasteiger partial charge in [0.25, 0.3) is 0 Å². The Morgan fingerprint density at radius 3 is 1.85 bits per heavy atom. The van der Waals surface area contributed by atoms with Crippen LogP contribution >= 0.6 is 11.6 Å². The summed E-state index contributed by atoms with van der Waals surface area (Å²) in [5, 5.41) is 11.0. The van der Waals surface area contributed by atoms with E-state index < -0.39 is 11.6 Å². The maximum absolute atomic E-state index is 13.9. The highest BCUT2D eigenvalue weighted by atomic mass is 35.5. The molecule has 0 unspecified atom stereocenters. The number of benzene rings is 6. The first kappa shape index (κ1) is 27.8. The van der Waals surface area contributed by atoms with Gasteiger partial charge in [-0.3, -0.25) is 0 Å². The Morgan fingerprint density at radius 1 is 0.565 bits per heavy atom. The number of ether oxygens (including phenoxy) is 2. The van der Waals surface area contributed by atoms with E-state index in [-0.39, 0.29) is 0 Å². The minimum Gasteiger partial charge on any atom is -0.456 e. The van der Waals surface area contributed by atoms with Crippen molar-refractivity contribution in [1.82, 2.24) is 0 Å². The zero-order chi connectivity index (χ0) is 31.3. The molecule has 3 N–H and O–H groups in total. The van der Waals surface area contributed by atoms with Crippen LogP contribution in [0.25, 0.3) is 0 Å². The number of fused-ring (bicyclic) bond motifs is 6. The molecule has 0 saturated heterocycles. The molecular weight excluding hydrogens is 594 g/mol. The van der Waals surface area contributed by atoms with Gasteiger partial charge < -0.3 is 25.4 Å². The summed E-state index contributed by atoms with van der Waals surface area (Å²) in [4.78, 5) is 13.9. The van der Waals surface area contributed by atoms with Crippen molar-refractivity contribution in [2.75, 3.05) is 16.0 Å². The predicted octanol–water partition coefficient (Wildman–Crippen LogP) is 10.4. The molecule has 224 valence electrons. The molecule has 0 amide bonds. The first-order chi connectivity index (χ1) is 22.5. The molecule has 0 saturated carbocycles. The van der Waals surface area contributed by atoms with Gasteiger partial charge in [-0.1, -0.05) is 84.4 Å². The van der Waals surface area contributed by atoms with Crippen LogP contribution in [0.2, 0.25) is 5.02 Å². The molecule has 6 nitrogen and oxygen atoms in total. The largest absolute Gasteiger partial charge is 0.456 e. The van der Waals surface area contributed by atoms with Gasteiger partial charge in [0.2, 0.25) is 0 Å². The van der Waals surface area contributed by atoms with Crippen LogP contribution in [0.4, 0.5) is 34.1 Å². The highest BCUT2D eigenvalue weighted by Crippen LogP contribution is 2.57. The van der Waals surface area contributed by atoms with Crippen LogP contribution in [0.3, 0.4) is 0 Å². The topological polar surface area (TPSA) is 71.6 Å². The Bertz CT molecular complexity index is 2080. The summed E-state index contributed by atoms with van der Waals surface area (Å²) in [5.74, 6) is 0.876. The summed E-state index contributed by atoms with van der Waals surface area (Å²) in [7, 11) is 0. The number of halogens is 1. The van der Waals surface area contributed by atoms with E-state index in [4.69, 9.17) is 21.1 Å². The zero-order valence-corrected chi connectivity index (χ0v) is 25.6. The van der Waals surface area contributed by atoms with E-state index in [1.54, 1.807) is 0 Å². The maximum atomic E-state index is 13.9. The number of rotatable bonds is 6. The highest BCUT2D eigenvalue weighted by Gasteiger charge is 2.54. The zero-order valence-electron chi connectivity index (χ0n) is 24.8. The number of hydrogen-bond donors (Lipinski definition) is 3. The smallest absolute Gasteiger partial charge is 0.342 e. The van der Waals surface area contributed by atoms with Gasteiger partial charge in [-0.2, -0.15) is 0 Å². The van der Waals surface area contributed by atoms with Crippen molar-refractivity contribution < 1.29 is 14.3 Å². The van der Waals surface area contributed by atoms with Crippen LogP contribution in [0.1, 0.15) is 32.6 Å². The SMILES string of the molecule is Cc1ccc(Nc2ccc(Nc3ccccc3)cc2)c(Nc2cccc3c2C(=O)OC32c3ccccc3Oc3ccccc32)c1Cl. The second-order valence-corrected chi connectivity index (χ2v) is 11.7. The third kappa shape index (κ3) is 4.54. The van der Waals surface area contributed by atoms with Gasteiger partial charge in [-0.05, 0) is 73.2 Å². The van der Waals surface area contributed by atoms with Crippen molar-refractivity contribution in [1.29, 1.82) is 0 Å².